The van der Waals surface area contributed by atoms with E-state index in [1.807, 2.05) is 24.3 Å². The fourth-order valence-corrected chi connectivity index (χ4v) is 1.95. The maximum absolute atomic E-state index is 9.64. The molecule has 5 heteroatoms. The molecule has 0 fully saturated rings. The van der Waals surface area contributed by atoms with Gasteiger partial charge in [-0.2, -0.15) is 0 Å². The van der Waals surface area contributed by atoms with Crippen molar-refractivity contribution in [3.8, 4) is 11.6 Å². The van der Waals surface area contributed by atoms with Crippen LogP contribution in [-0.4, -0.2) is 27.7 Å². The molecule has 1 aromatic heterocycles. The van der Waals surface area contributed by atoms with Crippen molar-refractivity contribution in [1.29, 1.82) is 0 Å². The minimum absolute atomic E-state index is 0.269. The first-order valence-corrected chi connectivity index (χ1v) is 7.19. The van der Waals surface area contributed by atoms with Crippen molar-refractivity contribution in [3.63, 3.8) is 0 Å². The van der Waals surface area contributed by atoms with Gasteiger partial charge in [0.25, 0.3) is 0 Å². The average Bonchev–Trinajstić information content (AvgIpc) is 2.50. The lowest BCUT2D eigenvalue weighted by molar-refractivity contribution is 0.160. The van der Waals surface area contributed by atoms with Crippen molar-refractivity contribution in [1.82, 2.24) is 15.3 Å². The fraction of sp³-hybridized carbons (Fsp3) is 0.375. The number of ether oxygens (including phenoxy) is 1. The Morgan fingerprint density at radius 3 is 2.71 bits per heavy atom. The summed E-state index contributed by atoms with van der Waals surface area (Å²) in [5, 5.41) is 12.9. The molecule has 0 saturated carbocycles. The highest BCUT2D eigenvalue weighted by molar-refractivity contribution is 5.29. The first-order valence-electron chi connectivity index (χ1n) is 7.19. The van der Waals surface area contributed by atoms with Crippen molar-refractivity contribution < 1.29 is 9.84 Å². The largest absolute Gasteiger partial charge is 0.438 e. The van der Waals surface area contributed by atoms with Crippen LogP contribution in [0.25, 0.3) is 0 Å². The third-order valence-corrected chi connectivity index (χ3v) is 3.02. The van der Waals surface area contributed by atoms with E-state index in [1.165, 1.54) is 0 Å². The SMILES string of the molecule is CCCC(O)CNCc1ccc(Oc2cnccn2)cc1. The molecule has 0 radical (unpaired) electrons. The number of benzene rings is 1. The minimum atomic E-state index is -0.269. The van der Waals surface area contributed by atoms with Crippen molar-refractivity contribution in [3.05, 3.63) is 48.4 Å². The minimum Gasteiger partial charge on any atom is -0.438 e. The zero-order valence-electron chi connectivity index (χ0n) is 12.2. The highest BCUT2D eigenvalue weighted by atomic mass is 16.5. The topological polar surface area (TPSA) is 67.3 Å². The van der Waals surface area contributed by atoms with Gasteiger partial charge in [-0.05, 0) is 24.1 Å². The number of hydrogen-bond acceptors (Lipinski definition) is 5. The number of rotatable bonds is 8. The van der Waals surface area contributed by atoms with Gasteiger partial charge in [0.15, 0.2) is 0 Å². The highest BCUT2D eigenvalue weighted by Gasteiger charge is 2.02. The molecule has 5 nitrogen and oxygen atoms in total. The van der Waals surface area contributed by atoms with E-state index >= 15 is 0 Å². The zero-order chi connectivity index (χ0) is 14.9. The van der Waals surface area contributed by atoms with E-state index in [4.69, 9.17) is 4.74 Å². The normalized spacial score (nSPS) is 12.1. The van der Waals surface area contributed by atoms with Crippen LogP contribution in [0.4, 0.5) is 0 Å². The number of aliphatic hydroxyl groups excluding tert-OH is 1. The number of aliphatic hydroxyl groups is 1. The molecule has 2 aromatic rings. The summed E-state index contributed by atoms with van der Waals surface area (Å²) in [5.74, 6) is 1.20. The molecule has 1 heterocycles. The Bertz CT molecular complexity index is 517. The average molecular weight is 287 g/mol. The Labute approximate surface area is 125 Å². The Balaban J connectivity index is 1.79. The van der Waals surface area contributed by atoms with Crippen molar-refractivity contribution in [2.45, 2.75) is 32.4 Å². The monoisotopic (exact) mass is 287 g/mol. The van der Waals surface area contributed by atoms with E-state index in [-0.39, 0.29) is 6.10 Å². The Morgan fingerprint density at radius 1 is 1.24 bits per heavy atom. The van der Waals surface area contributed by atoms with Gasteiger partial charge in [-0.3, -0.25) is 4.98 Å². The summed E-state index contributed by atoms with van der Waals surface area (Å²) in [4.78, 5) is 8.01. The molecule has 0 bridgehead atoms. The summed E-state index contributed by atoms with van der Waals surface area (Å²) in [6, 6.07) is 7.78. The van der Waals surface area contributed by atoms with E-state index in [1.54, 1.807) is 18.6 Å². The second kappa shape index (κ2) is 8.34. The lowest BCUT2D eigenvalue weighted by Crippen LogP contribution is -2.26. The number of nitrogens with one attached hydrogen (secondary N) is 1. The second-order valence-corrected chi connectivity index (χ2v) is 4.86. The predicted molar refractivity (Wildman–Crippen MR) is 81.2 cm³/mol. The Hall–Kier alpha value is -1.98. The van der Waals surface area contributed by atoms with Crippen LogP contribution in [0.5, 0.6) is 11.6 Å². The maximum atomic E-state index is 9.64. The molecule has 0 spiro atoms. The predicted octanol–water partition coefficient (Wildman–Crippen LogP) is 2.52. The molecule has 0 saturated heterocycles. The summed E-state index contributed by atoms with van der Waals surface area (Å²) in [6.07, 6.45) is 6.33. The second-order valence-electron chi connectivity index (χ2n) is 4.86. The van der Waals surface area contributed by atoms with E-state index in [2.05, 4.69) is 22.2 Å². The summed E-state index contributed by atoms with van der Waals surface area (Å²) in [6.45, 7) is 3.41. The van der Waals surface area contributed by atoms with Crippen LogP contribution >= 0.6 is 0 Å². The van der Waals surface area contributed by atoms with Crippen LogP contribution in [0, 0.1) is 0 Å². The molecule has 1 aromatic carbocycles. The molecule has 0 aliphatic heterocycles. The lowest BCUT2D eigenvalue weighted by atomic mass is 10.2. The standard InChI is InChI=1S/C16H21N3O2/c1-2-3-14(20)11-18-10-13-4-6-15(7-5-13)21-16-12-17-8-9-19-16/h4-9,12,14,18,20H,2-3,10-11H2,1H3. The van der Waals surface area contributed by atoms with E-state index in [0.717, 1.165) is 30.7 Å². The lowest BCUT2D eigenvalue weighted by Gasteiger charge is -2.11. The van der Waals surface area contributed by atoms with E-state index < -0.39 is 0 Å². The van der Waals surface area contributed by atoms with Crippen LogP contribution in [-0.2, 0) is 6.54 Å². The molecule has 112 valence electrons. The van der Waals surface area contributed by atoms with Gasteiger partial charge in [0.05, 0.1) is 12.3 Å². The first-order chi connectivity index (χ1) is 10.3. The summed E-state index contributed by atoms with van der Waals surface area (Å²) in [7, 11) is 0. The van der Waals surface area contributed by atoms with Crippen molar-refractivity contribution in [2.24, 2.45) is 0 Å². The molecule has 0 aliphatic carbocycles. The molecular formula is C16H21N3O2. The van der Waals surface area contributed by atoms with Gasteiger partial charge in [0.1, 0.15) is 5.75 Å². The summed E-state index contributed by atoms with van der Waals surface area (Å²) >= 11 is 0. The number of hydrogen-bond donors (Lipinski definition) is 2. The van der Waals surface area contributed by atoms with Crippen molar-refractivity contribution >= 4 is 0 Å². The maximum Gasteiger partial charge on any atom is 0.237 e. The van der Waals surface area contributed by atoms with Crippen LogP contribution < -0.4 is 10.1 Å². The summed E-state index contributed by atoms with van der Waals surface area (Å²) < 4.78 is 5.57. The van der Waals surface area contributed by atoms with Crippen LogP contribution in [0.3, 0.4) is 0 Å². The smallest absolute Gasteiger partial charge is 0.237 e. The molecule has 2 N–H and O–H groups in total. The summed E-state index contributed by atoms with van der Waals surface area (Å²) in [5.41, 5.74) is 1.14. The van der Waals surface area contributed by atoms with Crippen LogP contribution in [0.2, 0.25) is 0 Å². The first kappa shape index (κ1) is 15.4. The van der Waals surface area contributed by atoms with E-state index in [9.17, 15) is 5.11 Å². The van der Waals surface area contributed by atoms with Crippen molar-refractivity contribution in [2.75, 3.05) is 6.54 Å². The Morgan fingerprint density at radius 2 is 2.05 bits per heavy atom. The van der Waals surface area contributed by atoms with E-state index in [0.29, 0.717) is 12.4 Å². The van der Waals surface area contributed by atoms with Gasteiger partial charge in [-0.1, -0.05) is 25.5 Å². The molecule has 0 aliphatic rings. The third-order valence-electron chi connectivity index (χ3n) is 3.02. The van der Waals surface area contributed by atoms with Gasteiger partial charge in [-0.15, -0.1) is 0 Å². The number of nitrogens with zero attached hydrogens (tertiary/aromatic N) is 2. The Kier molecular flexibility index (Phi) is 6.12. The third kappa shape index (κ3) is 5.49. The van der Waals surface area contributed by atoms with Gasteiger partial charge in [-0.25, -0.2) is 4.98 Å². The zero-order valence-corrected chi connectivity index (χ0v) is 12.2. The van der Waals surface area contributed by atoms with Gasteiger partial charge < -0.3 is 15.2 Å². The van der Waals surface area contributed by atoms with Crippen LogP contribution in [0.15, 0.2) is 42.9 Å². The van der Waals surface area contributed by atoms with Gasteiger partial charge in [0.2, 0.25) is 5.88 Å². The quantitative estimate of drug-likeness (QED) is 0.781. The number of aromatic nitrogens is 2. The van der Waals surface area contributed by atoms with Crippen LogP contribution in [0.1, 0.15) is 25.3 Å². The fourth-order valence-electron chi connectivity index (χ4n) is 1.95. The molecule has 1 atom stereocenters. The molecule has 21 heavy (non-hydrogen) atoms. The van der Waals surface area contributed by atoms with Gasteiger partial charge in [0, 0.05) is 25.5 Å². The molecule has 0 amide bonds. The molecular weight excluding hydrogens is 266 g/mol. The van der Waals surface area contributed by atoms with Gasteiger partial charge >= 0.3 is 0 Å². The highest BCUT2D eigenvalue weighted by Crippen LogP contribution is 2.18. The molecule has 1 unspecified atom stereocenters. The molecule has 2 rings (SSSR count).